The maximum absolute atomic E-state index is 12.9. The Kier molecular flexibility index (Phi) is 66.2. The van der Waals surface area contributed by atoms with Gasteiger partial charge in [-0.15, -0.1) is 0 Å². The number of hydrogen-bond donors (Lipinski definition) is 0. The van der Waals surface area contributed by atoms with Crippen molar-refractivity contribution in [3.05, 3.63) is 109 Å². The lowest BCUT2D eigenvalue weighted by Crippen LogP contribution is -2.30. The summed E-state index contributed by atoms with van der Waals surface area (Å²) in [5, 5.41) is 0. The van der Waals surface area contributed by atoms with Crippen molar-refractivity contribution < 1.29 is 28.6 Å². The molecule has 6 nitrogen and oxygen atoms in total. The quantitative estimate of drug-likeness (QED) is 0.0261. The molecule has 470 valence electrons. The average molecular weight is 1140 g/mol. The Morgan fingerprint density at radius 3 is 0.780 bits per heavy atom. The van der Waals surface area contributed by atoms with Gasteiger partial charge in [-0.05, 0) is 122 Å². The summed E-state index contributed by atoms with van der Waals surface area (Å²) in [6.07, 6.45) is 95.4. The lowest BCUT2D eigenvalue weighted by molar-refractivity contribution is -0.167. The van der Waals surface area contributed by atoms with E-state index in [1.54, 1.807) is 0 Å². The van der Waals surface area contributed by atoms with E-state index in [4.69, 9.17) is 14.2 Å². The molecule has 0 aliphatic heterocycles. The molecule has 0 spiro atoms. The molecule has 0 aromatic heterocycles. The summed E-state index contributed by atoms with van der Waals surface area (Å²) in [6, 6.07) is 0. The minimum Gasteiger partial charge on any atom is -0.462 e. The fourth-order valence-corrected chi connectivity index (χ4v) is 9.75. The van der Waals surface area contributed by atoms with Gasteiger partial charge < -0.3 is 14.2 Å². The normalized spacial score (nSPS) is 12.8. The molecule has 0 heterocycles. The van der Waals surface area contributed by atoms with Gasteiger partial charge in [-0.1, -0.05) is 304 Å². The predicted molar refractivity (Wildman–Crippen MR) is 357 cm³/mol. The molecule has 0 aromatic carbocycles. The second kappa shape index (κ2) is 69.6. The van der Waals surface area contributed by atoms with Crippen LogP contribution < -0.4 is 0 Å². The van der Waals surface area contributed by atoms with Gasteiger partial charge in [0.15, 0.2) is 6.10 Å². The van der Waals surface area contributed by atoms with Crippen LogP contribution in [0.25, 0.3) is 0 Å². The standard InChI is InChI=1S/C76H130O6/c1-4-7-10-13-16-19-22-25-28-30-32-33-34-35-36-37-38-39-40-41-42-43-45-46-48-51-54-57-60-63-66-69-75(78)81-72-73(71-80-74(77)68-65-62-59-56-53-50-27-24-21-18-15-12-9-6-3)82-76(79)70-67-64-61-58-55-52-49-47-44-31-29-26-23-20-17-14-11-8-5-2/h7,10,15-20,24-29,32-33,44,47,73H,4-6,8-9,11-14,21-23,30-31,34-43,45-46,48-72H2,1-3H3/b10-7-,18-15-,19-16-,20-17-,27-24-,28-25-,29-26-,33-32-,47-44-. The first-order chi connectivity index (χ1) is 40.5. The molecule has 6 heteroatoms. The summed E-state index contributed by atoms with van der Waals surface area (Å²) < 4.78 is 16.9. The average Bonchev–Trinajstić information content (AvgIpc) is 3.47. The molecule has 0 saturated carbocycles. The number of carbonyl (C=O) groups excluding carboxylic acids is 3. The highest BCUT2D eigenvalue weighted by atomic mass is 16.6. The fraction of sp³-hybridized carbons (Fsp3) is 0.724. The minimum atomic E-state index is -0.792. The molecular weight excluding hydrogens is 1010 g/mol. The summed E-state index contributed by atoms with van der Waals surface area (Å²) in [7, 11) is 0. The van der Waals surface area contributed by atoms with Gasteiger partial charge in [0.25, 0.3) is 0 Å². The van der Waals surface area contributed by atoms with Crippen molar-refractivity contribution in [1.29, 1.82) is 0 Å². The number of hydrogen-bond acceptors (Lipinski definition) is 6. The van der Waals surface area contributed by atoms with Crippen molar-refractivity contribution in [3.63, 3.8) is 0 Å². The second-order valence-corrected chi connectivity index (χ2v) is 23.1. The number of unbranched alkanes of at least 4 members (excludes halogenated alkanes) is 34. The molecule has 0 amide bonds. The van der Waals surface area contributed by atoms with Crippen LogP contribution in [0.3, 0.4) is 0 Å². The first-order valence-corrected chi connectivity index (χ1v) is 34.9. The van der Waals surface area contributed by atoms with Gasteiger partial charge in [0.2, 0.25) is 0 Å². The Balaban J connectivity index is 4.25. The Morgan fingerprint density at radius 1 is 0.256 bits per heavy atom. The highest BCUT2D eigenvalue weighted by Crippen LogP contribution is 2.17. The van der Waals surface area contributed by atoms with E-state index in [1.165, 1.54) is 161 Å². The number of carbonyl (C=O) groups is 3. The van der Waals surface area contributed by atoms with E-state index in [9.17, 15) is 14.4 Å². The fourth-order valence-electron chi connectivity index (χ4n) is 9.75. The van der Waals surface area contributed by atoms with Gasteiger partial charge in [0.05, 0.1) is 0 Å². The summed E-state index contributed by atoms with van der Waals surface area (Å²) in [5.74, 6) is -0.900. The van der Waals surface area contributed by atoms with Gasteiger partial charge in [0, 0.05) is 19.3 Å². The predicted octanol–water partition coefficient (Wildman–Crippen LogP) is 24.2. The van der Waals surface area contributed by atoms with Crippen LogP contribution >= 0.6 is 0 Å². The van der Waals surface area contributed by atoms with Crippen molar-refractivity contribution in [2.75, 3.05) is 13.2 Å². The summed E-state index contributed by atoms with van der Waals surface area (Å²) >= 11 is 0. The molecular formula is C76H130O6. The number of ether oxygens (including phenoxy) is 3. The van der Waals surface area contributed by atoms with E-state index >= 15 is 0 Å². The van der Waals surface area contributed by atoms with Gasteiger partial charge in [-0.25, -0.2) is 0 Å². The lowest BCUT2D eigenvalue weighted by Gasteiger charge is -2.18. The van der Waals surface area contributed by atoms with Crippen LogP contribution in [0.2, 0.25) is 0 Å². The molecule has 0 aliphatic rings. The first-order valence-electron chi connectivity index (χ1n) is 34.9. The Hall–Kier alpha value is -3.93. The van der Waals surface area contributed by atoms with E-state index in [1.807, 2.05) is 0 Å². The highest BCUT2D eigenvalue weighted by molar-refractivity contribution is 5.71. The summed E-state index contributed by atoms with van der Waals surface area (Å²) in [4.78, 5) is 38.4. The van der Waals surface area contributed by atoms with Crippen LogP contribution in [0.4, 0.5) is 0 Å². The van der Waals surface area contributed by atoms with E-state index < -0.39 is 6.10 Å². The first kappa shape index (κ1) is 78.1. The highest BCUT2D eigenvalue weighted by Gasteiger charge is 2.19. The molecule has 0 fully saturated rings. The third-order valence-corrected chi connectivity index (χ3v) is 15.0. The van der Waals surface area contributed by atoms with E-state index in [-0.39, 0.29) is 31.1 Å². The molecule has 0 bridgehead atoms. The van der Waals surface area contributed by atoms with Gasteiger partial charge in [-0.3, -0.25) is 14.4 Å². The van der Waals surface area contributed by atoms with Crippen molar-refractivity contribution in [2.24, 2.45) is 0 Å². The minimum absolute atomic E-state index is 0.0860. The molecule has 1 atom stereocenters. The van der Waals surface area contributed by atoms with E-state index in [0.29, 0.717) is 19.3 Å². The number of esters is 3. The number of allylic oxidation sites excluding steroid dienone is 18. The van der Waals surface area contributed by atoms with E-state index in [0.717, 1.165) is 135 Å². The van der Waals surface area contributed by atoms with E-state index in [2.05, 4.69) is 130 Å². The summed E-state index contributed by atoms with van der Waals surface area (Å²) in [5.41, 5.74) is 0. The Morgan fingerprint density at radius 2 is 0.488 bits per heavy atom. The zero-order chi connectivity index (χ0) is 59.2. The molecule has 0 N–H and O–H groups in total. The van der Waals surface area contributed by atoms with Crippen LogP contribution in [0.15, 0.2) is 109 Å². The third kappa shape index (κ3) is 66.9. The molecule has 0 aliphatic carbocycles. The van der Waals surface area contributed by atoms with Gasteiger partial charge in [0.1, 0.15) is 13.2 Å². The van der Waals surface area contributed by atoms with Crippen LogP contribution in [0.1, 0.15) is 335 Å². The zero-order valence-corrected chi connectivity index (χ0v) is 54.0. The van der Waals surface area contributed by atoms with Crippen LogP contribution in [-0.4, -0.2) is 37.2 Å². The maximum Gasteiger partial charge on any atom is 0.306 e. The maximum atomic E-state index is 12.9. The SMILES string of the molecule is CC/C=C\C/C=C\C/C=C\C/C=C\CCCCCCCCCCCCCCCCCCCCC(=O)OCC(COC(=O)CCCCCCC/C=C\C/C=C\CCCC)OC(=O)CCCCCCCC/C=C\C/C=C\C/C=C\CCCCC. The Labute approximate surface area is 508 Å². The molecule has 82 heavy (non-hydrogen) atoms. The largest absolute Gasteiger partial charge is 0.462 e. The second-order valence-electron chi connectivity index (χ2n) is 23.1. The molecule has 1 unspecified atom stereocenters. The zero-order valence-electron chi connectivity index (χ0n) is 54.0. The smallest absolute Gasteiger partial charge is 0.306 e. The lowest BCUT2D eigenvalue weighted by atomic mass is 10.0. The molecule has 0 radical (unpaired) electrons. The third-order valence-electron chi connectivity index (χ3n) is 15.0. The topological polar surface area (TPSA) is 78.9 Å². The monoisotopic (exact) mass is 1140 g/mol. The van der Waals surface area contributed by atoms with Crippen LogP contribution in [0.5, 0.6) is 0 Å². The van der Waals surface area contributed by atoms with Crippen molar-refractivity contribution in [3.8, 4) is 0 Å². The van der Waals surface area contributed by atoms with Gasteiger partial charge in [-0.2, -0.15) is 0 Å². The van der Waals surface area contributed by atoms with Crippen molar-refractivity contribution in [2.45, 2.75) is 341 Å². The number of rotatable bonds is 63. The Bertz CT molecular complexity index is 1640. The molecule has 0 aromatic rings. The molecule has 0 saturated heterocycles. The summed E-state index contributed by atoms with van der Waals surface area (Å²) in [6.45, 7) is 6.47. The van der Waals surface area contributed by atoms with Gasteiger partial charge >= 0.3 is 17.9 Å². The van der Waals surface area contributed by atoms with Crippen molar-refractivity contribution in [1.82, 2.24) is 0 Å². The van der Waals surface area contributed by atoms with Crippen LogP contribution in [-0.2, 0) is 28.6 Å². The van der Waals surface area contributed by atoms with Crippen LogP contribution in [0, 0.1) is 0 Å². The van der Waals surface area contributed by atoms with Crippen molar-refractivity contribution >= 4 is 17.9 Å². The molecule has 0 rings (SSSR count).